The van der Waals surface area contributed by atoms with Gasteiger partial charge in [0.15, 0.2) is 34.8 Å². The Morgan fingerprint density at radius 2 is 1.22 bits per heavy atom. The van der Waals surface area contributed by atoms with Crippen LogP contribution in [0.15, 0.2) is 48.5 Å². The Morgan fingerprint density at radius 1 is 0.667 bits per heavy atom. The molecule has 0 atom stereocenters. The van der Waals surface area contributed by atoms with Crippen LogP contribution in [0.1, 0.15) is 18.1 Å². The van der Waals surface area contributed by atoms with E-state index in [1.165, 1.54) is 0 Å². The van der Waals surface area contributed by atoms with Crippen molar-refractivity contribution in [3.63, 3.8) is 0 Å². The molecule has 0 aliphatic carbocycles. The van der Waals surface area contributed by atoms with Gasteiger partial charge in [-0.1, -0.05) is 31.2 Å². The average molecular weight is 378 g/mol. The fraction of sp³-hybridized carbons (Fsp3) is 0.143. The number of halogens is 5. The minimum Gasteiger partial charge on any atom is -0.483 e. The molecule has 0 spiro atoms. The predicted molar refractivity (Wildman–Crippen MR) is 91.8 cm³/mol. The molecule has 0 N–H and O–H groups in total. The van der Waals surface area contributed by atoms with Gasteiger partial charge in [0.2, 0.25) is 0 Å². The molecule has 140 valence electrons. The molecule has 0 saturated carbocycles. The molecule has 3 rings (SSSR count). The standard InChI is InChI=1S/C21H15F5O/c1-2-12-3-5-14(6-4-12)15-9-18(24)21(19(25)10-15)27-11-13-7-16(22)20(26)17(23)8-13/h3-10H,2,11H2,1H3. The van der Waals surface area contributed by atoms with Crippen LogP contribution in [0.5, 0.6) is 5.75 Å². The highest BCUT2D eigenvalue weighted by molar-refractivity contribution is 5.65. The quantitative estimate of drug-likeness (QED) is 0.380. The minimum atomic E-state index is -1.62. The molecule has 3 aromatic rings. The number of ether oxygens (including phenoxy) is 1. The Balaban J connectivity index is 1.82. The van der Waals surface area contributed by atoms with E-state index in [0.717, 1.165) is 24.1 Å². The lowest BCUT2D eigenvalue weighted by molar-refractivity contribution is 0.272. The molecule has 0 unspecified atom stereocenters. The summed E-state index contributed by atoms with van der Waals surface area (Å²) in [5, 5.41) is 0. The second-order valence-electron chi connectivity index (χ2n) is 5.98. The molecule has 0 amide bonds. The van der Waals surface area contributed by atoms with Gasteiger partial charge in [0.05, 0.1) is 0 Å². The molecule has 0 aromatic heterocycles. The zero-order valence-corrected chi connectivity index (χ0v) is 14.3. The van der Waals surface area contributed by atoms with Gasteiger partial charge in [-0.3, -0.25) is 0 Å². The number of rotatable bonds is 5. The topological polar surface area (TPSA) is 9.23 Å². The van der Waals surface area contributed by atoms with Gasteiger partial charge >= 0.3 is 0 Å². The predicted octanol–water partition coefficient (Wildman–Crippen LogP) is 6.19. The number of aryl methyl sites for hydroxylation is 1. The molecule has 0 fully saturated rings. The Labute approximate surface area is 153 Å². The molecule has 0 saturated heterocycles. The Morgan fingerprint density at radius 3 is 1.74 bits per heavy atom. The Kier molecular flexibility index (Phi) is 5.44. The molecule has 0 aliphatic heterocycles. The number of hydrogen-bond donors (Lipinski definition) is 0. The summed E-state index contributed by atoms with van der Waals surface area (Å²) < 4.78 is 73.0. The van der Waals surface area contributed by atoms with Gasteiger partial charge in [-0.15, -0.1) is 0 Å². The third-order valence-corrected chi connectivity index (χ3v) is 4.12. The van der Waals surface area contributed by atoms with E-state index < -0.39 is 41.4 Å². The van der Waals surface area contributed by atoms with Crippen molar-refractivity contribution in [2.45, 2.75) is 20.0 Å². The third-order valence-electron chi connectivity index (χ3n) is 4.12. The summed E-state index contributed by atoms with van der Waals surface area (Å²) in [4.78, 5) is 0. The van der Waals surface area contributed by atoms with E-state index in [9.17, 15) is 22.0 Å². The molecular formula is C21H15F5O. The summed E-state index contributed by atoms with van der Waals surface area (Å²) in [6.45, 7) is 1.48. The monoisotopic (exact) mass is 378 g/mol. The largest absolute Gasteiger partial charge is 0.483 e. The van der Waals surface area contributed by atoms with Crippen LogP contribution >= 0.6 is 0 Å². The highest BCUT2D eigenvalue weighted by Crippen LogP contribution is 2.30. The van der Waals surface area contributed by atoms with Crippen LogP contribution in [-0.2, 0) is 13.0 Å². The average Bonchev–Trinajstić information content (AvgIpc) is 2.65. The van der Waals surface area contributed by atoms with Crippen molar-refractivity contribution in [3.8, 4) is 16.9 Å². The van der Waals surface area contributed by atoms with Gasteiger partial charge in [0.25, 0.3) is 0 Å². The van der Waals surface area contributed by atoms with E-state index in [4.69, 9.17) is 4.74 Å². The van der Waals surface area contributed by atoms with Gasteiger partial charge in [-0.2, -0.15) is 0 Å². The lowest BCUT2D eigenvalue weighted by Gasteiger charge is -2.11. The molecular weight excluding hydrogens is 363 g/mol. The summed E-state index contributed by atoms with van der Waals surface area (Å²) in [7, 11) is 0. The van der Waals surface area contributed by atoms with Crippen molar-refractivity contribution in [1.82, 2.24) is 0 Å². The van der Waals surface area contributed by atoms with Crippen LogP contribution in [0.25, 0.3) is 11.1 Å². The molecule has 1 nitrogen and oxygen atoms in total. The second-order valence-corrected chi connectivity index (χ2v) is 5.98. The molecule has 0 aliphatic rings. The summed E-state index contributed by atoms with van der Waals surface area (Å²) in [5.74, 6) is -7.00. The molecule has 6 heteroatoms. The normalized spacial score (nSPS) is 10.9. The fourth-order valence-electron chi connectivity index (χ4n) is 2.64. The maximum absolute atomic E-state index is 14.3. The first-order chi connectivity index (χ1) is 12.9. The lowest BCUT2D eigenvalue weighted by Crippen LogP contribution is -2.03. The summed E-state index contributed by atoms with van der Waals surface area (Å²) in [5.41, 5.74) is 1.97. The third kappa shape index (κ3) is 4.10. The lowest BCUT2D eigenvalue weighted by atomic mass is 10.0. The number of benzene rings is 3. The SMILES string of the molecule is CCc1ccc(-c2cc(F)c(OCc3cc(F)c(F)c(F)c3)c(F)c2)cc1. The molecule has 3 aromatic carbocycles. The van der Waals surface area contributed by atoms with Gasteiger partial charge < -0.3 is 4.74 Å². The molecule has 0 bridgehead atoms. The maximum atomic E-state index is 14.3. The molecule has 0 heterocycles. The number of hydrogen-bond acceptors (Lipinski definition) is 1. The first-order valence-corrected chi connectivity index (χ1v) is 8.23. The van der Waals surface area contributed by atoms with Crippen LogP contribution in [0.2, 0.25) is 0 Å². The van der Waals surface area contributed by atoms with Crippen LogP contribution in [0.3, 0.4) is 0 Å². The first kappa shape index (κ1) is 18.9. The van der Waals surface area contributed by atoms with Crippen molar-refractivity contribution in [1.29, 1.82) is 0 Å². The second kappa shape index (κ2) is 7.78. The van der Waals surface area contributed by atoms with Crippen molar-refractivity contribution >= 4 is 0 Å². The fourth-order valence-corrected chi connectivity index (χ4v) is 2.64. The Hall–Kier alpha value is -2.89. The van der Waals surface area contributed by atoms with Gasteiger partial charge in [0, 0.05) is 0 Å². The van der Waals surface area contributed by atoms with E-state index in [1.54, 1.807) is 12.1 Å². The molecule has 27 heavy (non-hydrogen) atoms. The van der Waals surface area contributed by atoms with E-state index in [2.05, 4.69) is 0 Å². The van der Waals surface area contributed by atoms with Crippen LogP contribution in [-0.4, -0.2) is 0 Å². The van der Waals surface area contributed by atoms with Crippen LogP contribution < -0.4 is 4.74 Å². The zero-order valence-electron chi connectivity index (χ0n) is 14.3. The van der Waals surface area contributed by atoms with Gasteiger partial charge in [-0.05, 0) is 52.9 Å². The highest BCUT2D eigenvalue weighted by Gasteiger charge is 2.16. The van der Waals surface area contributed by atoms with Gasteiger partial charge in [-0.25, -0.2) is 22.0 Å². The Bertz CT molecular complexity index is 921. The van der Waals surface area contributed by atoms with Crippen LogP contribution in [0.4, 0.5) is 22.0 Å². The smallest absolute Gasteiger partial charge is 0.194 e. The van der Waals surface area contributed by atoms with E-state index in [0.29, 0.717) is 23.3 Å². The van der Waals surface area contributed by atoms with Crippen molar-refractivity contribution in [2.75, 3.05) is 0 Å². The van der Waals surface area contributed by atoms with Gasteiger partial charge in [0.1, 0.15) is 6.61 Å². The van der Waals surface area contributed by atoms with E-state index in [-0.39, 0.29) is 5.56 Å². The van der Waals surface area contributed by atoms with Crippen molar-refractivity contribution in [2.24, 2.45) is 0 Å². The van der Waals surface area contributed by atoms with E-state index in [1.807, 2.05) is 19.1 Å². The minimum absolute atomic E-state index is 0.0931. The first-order valence-electron chi connectivity index (χ1n) is 8.23. The summed E-state index contributed by atoms with van der Waals surface area (Å²) in [6.07, 6.45) is 0.848. The van der Waals surface area contributed by atoms with Crippen molar-refractivity contribution in [3.05, 3.63) is 88.7 Å². The summed E-state index contributed by atoms with van der Waals surface area (Å²) >= 11 is 0. The zero-order chi connectivity index (χ0) is 19.6. The molecule has 0 radical (unpaired) electrons. The summed E-state index contributed by atoms with van der Waals surface area (Å²) in [6, 6.07) is 10.9. The highest BCUT2D eigenvalue weighted by atomic mass is 19.2. The maximum Gasteiger partial charge on any atom is 0.194 e. The van der Waals surface area contributed by atoms with E-state index >= 15 is 0 Å². The van der Waals surface area contributed by atoms with Crippen LogP contribution in [0, 0.1) is 29.1 Å². The van der Waals surface area contributed by atoms with Crippen molar-refractivity contribution < 1.29 is 26.7 Å².